The molecule has 6 atom stereocenters. The van der Waals surface area contributed by atoms with E-state index in [4.69, 9.17) is 35.3 Å². The Hall–Kier alpha value is -2.27. The van der Waals surface area contributed by atoms with Crippen LogP contribution >= 0.6 is 64.8 Å². The van der Waals surface area contributed by atoms with Gasteiger partial charge in [0.25, 0.3) is 0 Å². The minimum Gasteiger partial charge on any atom is -0.464 e. The number of hydrogen-bond donors (Lipinski definition) is 0. The van der Waals surface area contributed by atoms with E-state index in [1.807, 2.05) is 30.3 Å². The highest BCUT2D eigenvalue weighted by Gasteiger charge is 2.52. The van der Waals surface area contributed by atoms with Crippen molar-refractivity contribution in [1.82, 2.24) is 25.0 Å². The van der Waals surface area contributed by atoms with Crippen LogP contribution in [0.5, 0.6) is 0 Å². The number of benzene rings is 1. The standard InChI is InChI=1S/C28H23ClIN5O6S3/c1-37-24-22(35-12-17(33-34-35)25-32-20(29)14-42-25)23-18(13-39-27(41-23)16-6-4-3-5-7-16)40-28(24)44-19-10-15(8-9-43-30)11-31-21(19)26(36)38-2/h3-7,10-12,14,18,22-24,27-28H,13H2,1-2H3. The summed E-state index contributed by atoms with van der Waals surface area (Å²) in [6, 6.07) is 11.0. The van der Waals surface area contributed by atoms with Crippen LogP contribution in [0.3, 0.4) is 0 Å². The zero-order valence-electron chi connectivity index (χ0n) is 23.0. The third-order valence-corrected chi connectivity index (χ3v) is 10.1. The van der Waals surface area contributed by atoms with E-state index in [1.165, 1.54) is 39.1 Å². The molecule has 4 aromatic rings. The van der Waals surface area contributed by atoms with E-state index in [1.54, 1.807) is 35.6 Å². The maximum atomic E-state index is 12.7. The van der Waals surface area contributed by atoms with Crippen molar-refractivity contribution in [2.45, 2.75) is 41.0 Å². The van der Waals surface area contributed by atoms with E-state index in [-0.39, 0.29) is 12.3 Å². The van der Waals surface area contributed by atoms with E-state index in [9.17, 15) is 4.79 Å². The van der Waals surface area contributed by atoms with Gasteiger partial charge in [0, 0.05) is 55.9 Å². The van der Waals surface area contributed by atoms with Gasteiger partial charge in [-0.1, -0.05) is 64.8 Å². The van der Waals surface area contributed by atoms with Crippen LogP contribution in [-0.2, 0) is 23.7 Å². The highest BCUT2D eigenvalue weighted by atomic mass is 127. The van der Waals surface area contributed by atoms with E-state index in [0.717, 1.165) is 5.56 Å². The number of fused-ring (bicyclic) bond motifs is 1. The fourth-order valence-corrected chi connectivity index (χ4v) is 7.62. The second-order valence-corrected chi connectivity index (χ2v) is 13.5. The highest BCUT2D eigenvalue weighted by molar-refractivity contribution is 14.2. The van der Waals surface area contributed by atoms with Gasteiger partial charge in [-0.15, -0.1) is 16.4 Å². The van der Waals surface area contributed by atoms with Gasteiger partial charge in [-0.3, -0.25) is 0 Å². The number of pyridine rings is 1. The summed E-state index contributed by atoms with van der Waals surface area (Å²) in [6.07, 6.45) is 1.08. The molecule has 228 valence electrons. The lowest BCUT2D eigenvalue weighted by molar-refractivity contribution is -0.308. The first-order chi connectivity index (χ1) is 21.5. The Morgan fingerprint density at radius 3 is 2.82 bits per heavy atom. The molecule has 0 bridgehead atoms. The summed E-state index contributed by atoms with van der Waals surface area (Å²) in [5, 5.41) is 14.6. The van der Waals surface area contributed by atoms with Crippen LogP contribution in [0.2, 0.25) is 5.15 Å². The minimum absolute atomic E-state index is 0.145. The third-order valence-electron chi connectivity index (χ3n) is 6.87. The summed E-state index contributed by atoms with van der Waals surface area (Å²) in [5.74, 6) is 2.45. The van der Waals surface area contributed by atoms with Crippen LogP contribution in [-0.4, -0.2) is 75.5 Å². The number of hydrogen-bond acceptors (Lipinski definition) is 13. The molecular weight excluding hydrogens is 761 g/mol. The molecule has 5 heterocycles. The summed E-state index contributed by atoms with van der Waals surface area (Å²) in [4.78, 5) is 21.9. The number of carbonyl (C=O) groups is 1. The lowest BCUT2D eigenvalue weighted by Gasteiger charge is -2.48. The van der Waals surface area contributed by atoms with Gasteiger partial charge in [-0.05, 0) is 20.3 Å². The first-order valence-electron chi connectivity index (χ1n) is 13.1. The zero-order valence-corrected chi connectivity index (χ0v) is 28.4. The third kappa shape index (κ3) is 6.78. The molecule has 0 amide bonds. The van der Waals surface area contributed by atoms with Crippen molar-refractivity contribution in [2.75, 3.05) is 20.8 Å². The number of esters is 1. The first-order valence-corrected chi connectivity index (χ1v) is 18.6. The Kier molecular flexibility index (Phi) is 10.4. The fourth-order valence-electron chi connectivity index (χ4n) is 4.94. The molecule has 0 radical (unpaired) electrons. The summed E-state index contributed by atoms with van der Waals surface area (Å²) < 4.78 is 32.1. The highest BCUT2D eigenvalue weighted by Crippen LogP contribution is 2.45. The number of carbonyl (C=O) groups excluding carboxylic acids is 1. The predicted molar refractivity (Wildman–Crippen MR) is 175 cm³/mol. The van der Waals surface area contributed by atoms with Crippen molar-refractivity contribution < 1.29 is 28.5 Å². The van der Waals surface area contributed by atoms with Crippen LogP contribution in [0.4, 0.5) is 0 Å². The van der Waals surface area contributed by atoms with Gasteiger partial charge in [0.05, 0.1) is 19.9 Å². The Morgan fingerprint density at radius 2 is 2.09 bits per heavy atom. The van der Waals surface area contributed by atoms with E-state index >= 15 is 0 Å². The lowest BCUT2D eigenvalue weighted by atomic mass is 9.96. The number of ether oxygens (including phenoxy) is 5. The molecule has 44 heavy (non-hydrogen) atoms. The maximum Gasteiger partial charge on any atom is 0.357 e. The molecule has 0 saturated carbocycles. The van der Waals surface area contributed by atoms with Crippen molar-refractivity contribution in [1.29, 1.82) is 0 Å². The van der Waals surface area contributed by atoms with Crippen LogP contribution in [0.15, 0.2) is 59.1 Å². The van der Waals surface area contributed by atoms with Crippen molar-refractivity contribution in [3.63, 3.8) is 0 Å². The molecule has 6 rings (SSSR count). The molecule has 0 spiro atoms. The van der Waals surface area contributed by atoms with Crippen LogP contribution < -0.4 is 0 Å². The number of rotatable bonds is 7. The van der Waals surface area contributed by atoms with Gasteiger partial charge in [0.1, 0.15) is 45.6 Å². The monoisotopic (exact) mass is 783 g/mol. The largest absolute Gasteiger partial charge is 0.464 e. The average molecular weight is 784 g/mol. The summed E-state index contributed by atoms with van der Waals surface area (Å²) in [6.45, 7) is 0.248. The number of thioether (sulfide) groups is 1. The van der Waals surface area contributed by atoms with Gasteiger partial charge >= 0.3 is 5.97 Å². The molecular formula is C28H23ClIN5O6S3. The molecule has 11 nitrogen and oxygen atoms in total. The topological polar surface area (TPSA) is 120 Å². The molecule has 2 aliphatic heterocycles. The van der Waals surface area contributed by atoms with Crippen molar-refractivity contribution >= 4 is 70.8 Å². The second kappa shape index (κ2) is 14.4. The van der Waals surface area contributed by atoms with Crippen LogP contribution in [0.25, 0.3) is 10.7 Å². The van der Waals surface area contributed by atoms with Gasteiger partial charge < -0.3 is 23.7 Å². The Balaban J connectivity index is 1.38. The van der Waals surface area contributed by atoms with E-state index < -0.39 is 42.0 Å². The van der Waals surface area contributed by atoms with Gasteiger partial charge in [-0.2, -0.15) is 0 Å². The van der Waals surface area contributed by atoms with Crippen molar-refractivity contribution in [3.05, 3.63) is 76.1 Å². The molecule has 1 aromatic carbocycles. The Bertz CT molecular complexity index is 1680. The molecule has 2 aliphatic rings. The molecule has 2 fully saturated rings. The summed E-state index contributed by atoms with van der Waals surface area (Å²) in [7, 11) is 4.26. The molecule has 0 N–H and O–H groups in total. The number of thiazole rings is 1. The Morgan fingerprint density at radius 1 is 1.25 bits per heavy atom. The summed E-state index contributed by atoms with van der Waals surface area (Å²) >= 11 is 10.8. The van der Waals surface area contributed by atoms with Crippen molar-refractivity contribution in [3.8, 4) is 21.9 Å². The van der Waals surface area contributed by atoms with Gasteiger partial charge in [0.15, 0.2) is 12.0 Å². The number of aromatic nitrogens is 5. The van der Waals surface area contributed by atoms with Crippen LogP contribution in [0.1, 0.15) is 33.9 Å². The van der Waals surface area contributed by atoms with E-state index in [0.29, 0.717) is 26.3 Å². The van der Waals surface area contributed by atoms with Crippen LogP contribution in [0, 0.1) is 11.2 Å². The number of methoxy groups -OCH3 is 2. The van der Waals surface area contributed by atoms with E-state index in [2.05, 4.69) is 52.7 Å². The summed E-state index contributed by atoms with van der Waals surface area (Å²) in [5.41, 5.74) is 1.59. The average Bonchev–Trinajstić information content (AvgIpc) is 3.72. The first kappa shape index (κ1) is 31.7. The predicted octanol–water partition coefficient (Wildman–Crippen LogP) is 5.82. The fraction of sp³-hybridized carbons (Fsp3) is 0.321. The molecule has 6 unspecified atom stereocenters. The number of halogens is 2. The molecule has 2 saturated heterocycles. The lowest BCUT2D eigenvalue weighted by Crippen LogP contribution is -2.59. The van der Waals surface area contributed by atoms with Crippen molar-refractivity contribution in [2.24, 2.45) is 0 Å². The molecule has 16 heteroatoms. The maximum absolute atomic E-state index is 12.7. The minimum atomic E-state index is -0.638. The molecule has 3 aromatic heterocycles. The SMILES string of the molecule is COC(=O)c1ncc(C#CSI)cc1SC1OC2COC(c3ccccc3)OC2C(n2cc(-c3nc(Cl)cs3)nn2)C1OC. The number of nitrogens with zero attached hydrogens (tertiary/aromatic N) is 5. The quantitative estimate of drug-likeness (QED) is 0.128. The normalized spacial score (nSPS) is 24.6. The Labute approximate surface area is 282 Å². The second-order valence-electron chi connectivity index (χ2n) is 9.45. The zero-order chi connectivity index (χ0) is 30.6. The molecule has 0 aliphatic carbocycles. The smallest absolute Gasteiger partial charge is 0.357 e. The van der Waals surface area contributed by atoms with Gasteiger partial charge in [-0.25, -0.2) is 19.4 Å². The van der Waals surface area contributed by atoms with Gasteiger partial charge in [0.2, 0.25) is 0 Å².